The van der Waals surface area contributed by atoms with Gasteiger partial charge in [-0.25, -0.2) is 0 Å². The summed E-state index contributed by atoms with van der Waals surface area (Å²) in [5, 5.41) is 9.62. The second-order valence-electron chi connectivity index (χ2n) is 6.58. The highest BCUT2D eigenvalue weighted by atomic mass is 16.2. The van der Waals surface area contributed by atoms with Crippen molar-refractivity contribution in [2.75, 3.05) is 6.54 Å². The van der Waals surface area contributed by atoms with Gasteiger partial charge in [0.2, 0.25) is 5.91 Å². The van der Waals surface area contributed by atoms with Crippen LogP contribution in [0.5, 0.6) is 0 Å². The van der Waals surface area contributed by atoms with Crippen molar-refractivity contribution in [1.82, 2.24) is 4.90 Å². The van der Waals surface area contributed by atoms with Crippen LogP contribution in [0.1, 0.15) is 72.6 Å². The van der Waals surface area contributed by atoms with Crippen molar-refractivity contribution in [1.29, 1.82) is 5.26 Å². The molecule has 1 aliphatic carbocycles. The quantitative estimate of drug-likeness (QED) is 0.733. The average Bonchev–Trinajstić information content (AvgIpc) is 2.47. The van der Waals surface area contributed by atoms with Gasteiger partial charge in [0, 0.05) is 12.6 Å². The number of carbonyl (C=O) groups excluding carboxylic acids is 1. The number of hydrogen-bond acceptors (Lipinski definition) is 2. The summed E-state index contributed by atoms with van der Waals surface area (Å²) >= 11 is 0. The summed E-state index contributed by atoms with van der Waals surface area (Å²) in [5.74, 6) is 0.543. The highest BCUT2D eigenvalue weighted by molar-refractivity contribution is 5.86. The van der Waals surface area contributed by atoms with Gasteiger partial charge >= 0.3 is 0 Å². The van der Waals surface area contributed by atoms with Gasteiger partial charge in [-0.1, -0.05) is 47.0 Å². The molecule has 0 aromatic rings. The molecule has 0 aromatic heterocycles. The Morgan fingerprint density at radius 3 is 2.15 bits per heavy atom. The Morgan fingerprint density at radius 2 is 1.75 bits per heavy atom. The smallest absolute Gasteiger partial charge is 0.243 e. The van der Waals surface area contributed by atoms with Crippen LogP contribution in [0.3, 0.4) is 0 Å². The number of carbonyl (C=O) groups is 1. The van der Waals surface area contributed by atoms with Crippen molar-refractivity contribution >= 4 is 5.91 Å². The molecule has 0 aliphatic heterocycles. The van der Waals surface area contributed by atoms with Gasteiger partial charge in [0.1, 0.15) is 5.41 Å². The number of nitriles is 1. The molecule has 1 rings (SSSR count). The fourth-order valence-electron chi connectivity index (χ4n) is 3.32. The zero-order chi connectivity index (χ0) is 15.2. The molecule has 114 valence electrons. The molecular weight excluding hydrogens is 248 g/mol. The molecule has 3 nitrogen and oxygen atoms in total. The summed E-state index contributed by atoms with van der Waals surface area (Å²) in [7, 11) is 0. The van der Waals surface area contributed by atoms with E-state index < -0.39 is 5.41 Å². The Morgan fingerprint density at radius 1 is 1.20 bits per heavy atom. The van der Waals surface area contributed by atoms with Gasteiger partial charge in [-0.3, -0.25) is 4.79 Å². The number of rotatable bonds is 6. The van der Waals surface area contributed by atoms with Crippen LogP contribution in [-0.4, -0.2) is 23.4 Å². The summed E-state index contributed by atoms with van der Waals surface area (Å²) in [6, 6.07) is 2.66. The minimum absolute atomic E-state index is 0.0992. The fraction of sp³-hybridized carbons (Fsp3) is 0.882. The molecule has 0 atom stereocenters. The molecule has 0 saturated heterocycles. The van der Waals surface area contributed by atoms with E-state index in [1.54, 1.807) is 0 Å². The molecule has 20 heavy (non-hydrogen) atoms. The zero-order valence-corrected chi connectivity index (χ0v) is 13.6. The lowest BCUT2D eigenvalue weighted by molar-refractivity contribution is -0.144. The Kier molecular flexibility index (Phi) is 6.52. The van der Waals surface area contributed by atoms with E-state index in [0.29, 0.717) is 5.92 Å². The Hall–Kier alpha value is -1.04. The Labute approximate surface area is 124 Å². The van der Waals surface area contributed by atoms with Gasteiger partial charge in [-0.15, -0.1) is 0 Å². The number of hydrogen-bond donors (Lipinski definition) is 0. The highest BCUT2D eigenvalue weighted by Gasteiger charge is 2.43. The first kappa shape index (κ1) is 17.0. The third kappa shape index (κ3) is 3.75. The van der Waals surface area contributed by atoms with Crippen molar-refractivity contribution in [3.63, 3.8) is 0 Å². The minimum atomic E-state index is -0.740. The van der Waals surface area contributed by atoms with E-state index in [1.165, 1.54) is 0 Å². The maximum atomic E-state index is 13.0. The first-order valence-electron chi connectivity index (χ1n) is 8.23. The normalized spacial score (nSPS) is 18.1. The molecule has 1 amide bonds. The van der Waals surface area contributed by atoms with Crippen molar-refractivity contribution in [2.24, 2.45) is 11.3 Å². The lowest BCUT2D eigenvalue weighted by Crippen LogP contribution is -2.50. The summed E-state index contributed by atoms with van der Waals surface area (Å²) in [6.07, 6.45) is 6.61. The van der Waals surface area contributed by atoms with Gasteiger partial charge in [-0.05, 0) is 31.6 Å². The third-order valence-electron chi connectivity index (χ3n) is 4.54. The average molecular weight is 278 g/mol. The molecular formula is C17H30N2O. The maximum Gasteiger partial charge on any atom is 0.243 e. The standard InChI is InChI=1S/C17H30N2O/c1-5-15(6-2)19(12-14(3)4)16(20)17(13-18)10-8-7-9-11-17/h14-15H,5-12H2,1-4H3. The van der Waals surface area contributed by atoms with Gasteiger partial charge in [0.15, 0.2) is 0 Å². The van der Waals surface area contributed by atoms with E-state index in [1.807, 2.05) is 4.90 Å². The summed E-state index contributed by atoms with van der Waals surface area (Å²) < 4.78 is 0. The van der Waals surface area contributed by atoms with E-state index in [0.717, 1.165) is 51.5 Å². The maximum absolute atomic E-state index is 13.0. The lowest BCUT2D eigenvalue weighted by atomic mass is 9.73. The first-order valence-corrected chi connectivity index (χ1v) is 8.23. The van der Waals surface area contributed by atoms with Gasteiger partial charge in [0.25, 0.3) is 0 Å². The number of nitrogens with zero attached hydrogens (tertiary/aromatic N) is 2. The molecule has 0 bridgehead atoms. The molecule has 0 heterocycles. The molecule has 1 fully saturated rings. The van der Waals surface area contributed by atoms with Gasteiger partial charge in [-0.2, -0.15) is 5.26 Å². The Bertz CT molecular complexity index is 346. The Balaban J connectivity index is 2.98. The summed E-state index contributed by atoms with van der Waals surface area (Å²) in [6.45, 7) is 9.32. The SMILES string of the molecule is CCC(CC)N(CC(C)C)C(=O)C1(C#N)CCCCC1. The van der Waals surface area contributed by atoms with Crippen LogP contribution < -0.4 is 0 Å². The molecule has 0 radical (unpaired) electrons. The van der Waals surface area contributed by atoms with Gasteiger partial charge in [0.05, 0.1) is 6.07 Å². The molecule has 1 saturated carbocycles. The van der Waals surface area contributed by atoms with E-state index in [2.05, 4.69) is 33.8 Å². The topological polar surface area (TPSA) is 44.1 Å². The predicted molar refractivity (Wildman–Crippen MR) is 82.1 cm³/mol. The fourth-order valence-corrected chi connectivity index (χ4v) is 3.32. The van der Waals surface area contributed by atoms with E-state index in [4.69, 9.17) is 0 Å². The summed E-state index contributed by atoms with van der Waals surface area (Å²) in [4.78, 5) is 15.1. The van der Waals surface area contributed by atoms with Crippen LogP contribution in [0.4, 0.5) is 0 Å². The molecule has 3 heteroatoms. The highest BCUT2D eigenvalue weighted by Crippen LogP contribution is 2.38. The molecule has 0 aromatic carbocycles. The molecule has 1 aliphatic rings. The van der Waals surface area contributed by atoms with E-state index >= 15 is 0 Å². The van der Waals surface area contributed by atoms with Gasteiger partial charge < -0.3 is 4.90 Å². The second kappa shape index (κ2) is 7.67. The predicted octanol–water partition coefficient (Wildman–Crippen LogP) is 4.13. The minimum Gasteiger partial charge on any atom is -0.338 e. The van der Waals surface area contributed by atoms with Crippen molar-refractivity contribution in [2.45, 2.75) is 78.7 Å². The van der Waals surface area contributed by atoms with Crippen molar-refractivity contribution in [3.05, 3.63) is 0 Å². The van der Waals surface area contributed by atoms with Crippen LogP contribution in [0.15, 0.2) is 0 Å². The van der Waals surface area contributed by atoms with Crippen LogP contribution in [0.2, 0.25) is 0 Å². The number of amides is 1. The van der Waals surface area contributed by atoms with E-state index in [9.17, 15) is 10.1 Å². The van der Waals surface area contributed by atoms with Crippen LogP contribution >= 0.6 is 0 Å². The monoisotopic (exact) mass is 278 g/mol. The lowest BCUT2D eigenvalue weighted by Gasteiger charge is -2.39. The summed E-state index contributed by atoms with van der Waals surface area (Å²) in [5.41, 5.74) is -0.740. The second-order valence-corrected chi connectivity index (χ2v) is 6.58. The third-order valence-corrected chi connectivity index (χ3v) is 4.54. The molecule has 0 unspecified atom stereocenters. The zero-order valence-electron chi connectivity index (χ0n) is 13.6. The van der Waals surface area contributed by atoms with Crippen LogP contribution in [-0.2, 0) is 4.79 Å². The molecule has 0 N–H and O–H groups in total. The van der Waals surface area contributed by atoms with Crippen LogP contribution in [0.25, 0.3) is 0 Å². The largest absolute Gasteiger partial charge is 0.338 e. The van der Waals surface area contributed by atoms with Crippen molar-refractivity contribution in [3.8, 4) is 6.07 Å². The van der Waals surface area contributed by atoms with Crippen LogP contribution in [0, 0.1) is 22.7 Å². The molecule has 0 spiro atoms. The van der Waals surface area contributed by atoms with Crippen molar-refractivity contribution < 1.29 is 4.79 Å². The van der Waals surface area contributed by atoms with E-state index in [-0.39, 0.29) is 11.9 Å². The first-order chi connectivity index (χ1) is 9.50.